The number of rotatable bonds is 8. The van der Waals surface area contributed by atoms with E-state index in [0.717, 1.165) is 17.7 Å². The van der Waals surface area contributed by atoms with Gasteiger partial charge in [0, 0.05) is 11.1 Å². The molecule has 0 aliphatic carbocycles. The van der Waals surface area contributed by atoms with Crippen molar-refractivity contribution in [1.82, 2.24) is 0 Å². The first-order chi connectivity index (χ1) is 13.5. The summed E-state index contributed by atoms with van der Waals surface area (Å²) in [7, 11) is 0. The number of aliphatic imine (C=N–C) groups is 2. The first-order valence-electron chi connectivity index (χ1n) is 8.52. The van der Waals surface area contributed by atoms with Crippen molar-refractivity contribution in [3.8, 4) is 5.75 Å². The van der Waals surface area contributed by atoms with Gasteiger partial charge in [0.1, 0.15) is 16.8 Å². The van der Waals surface area contributed by atoms with Crippen LogP contribution in [-0.4, -0.2) is 23.9 Å². The minimum Gasteiger partial charge on any atom is -0.406 e. The zero-order chi connectivity index (χ0) is 22.2. The number of ether oxygens (including phenoxy) is 1. The summed E-state index contributed by atoms with van der Waals surface area (Å²) in [5.74, 6) is -0.870. The number of nitrogens with two attached hydrogens (primary N) is 1. The molecule has 2 N–H and O–H groups in total. The summed E-state index contributed by atoms with van der Waals surface area (Å²) in [6, 6.07) is 4.76. The first kappa shape index (κ1) is 24.6. The highest BCUT2D eigenvalue weighted by Gasteiger charge is 2.31. The molecule has 10 heteroatoms. The number of alkyl halides is 5. The Hall–Kier alpha value is -2.42. The highest BCUT2D eigenvalue weighted by atomic mass is 35.5. The number of amidine groups is 1. The van der Waals surface area contributed by atoms with Crippen molar-refractivity contribution >= 4 is 28.3 Å². The Bertz CT molecular complexity index is 808. The minimum absolute atomic E-state index is 0.0801. The second-order valence-corrected chi connectivity index (χ2v) is 6.32. The van der Waals surface area contributed by atoms with E-state index in [2.05, 4.69) is 14.7 Å². The lowest BCUT2D eigenvalue weighted by molar-refractivity contribution is -0.274. The van der Waals surface area contributed by atoms with Crippen LogP contribution in [-0.2, 0) is 0 Å². The Morgan fingerprint density at radius 3 is 2.24 bits per heavy atom. The second kappa shape index (κ2) is 10.9. The maximum Gasteiger partial charge on any atom is 0.573 e. The third-order valence-electron chi connectivity index (χ3n) is 3.73. The summed E-state index contributed by atoms with van der Waals surface area (Å²) in [5.41, 5.74) is 7.31. The van der Waals surface area contributed by atoms with Crippen molar-refractivity contribution in [1.29, 1.82) is 0 Å². The molecule has 1 rings (SSSR count). The molecule has 0 unspecified atom stereocenters. The summed E-state index contributed by atoms with van der Waals surface area (Å²) in [6.07, 6.45) is -2.24. The molecule has 160 valence electrons. The van der Waals surface area contributed by atoms with Crippen LogP contribution in [0.25, 0.3) is 5.70 Å². The van der Waals surface area contributed by atoms with Crippen molar-refractivity contribution in [3.05, 3.63) is 47.1 Å². The summed E-state index contributed by atoms with van der Waals surface area (Å²) in [4.78, 5) is 7.28. The number of nitrogens with zero attached hydrogens (tertiary/aromatic N) is 2. The average Bonchev–Trinajstić information content (AvgIpc) is 2.60. The Morgan fingerprint density at radius 2 is 1.83 bits per heavy atom. The monoisotopic (exact) mass is 437 g/mol. The molecule has 0 heterocycles. The Morgan fingerprint density at radius 1 is 1.24 bits per heavy atom. The predicted molar refractivity (Wildman–Crippen MR) is 105 cm³/mol. The summed E-state index contributed by atoms with van der Waals surface area (Å²) >= 11 is 5.90. The smallest absolute Gasteiger partial charge is 0.406 e. The maximum atomic E-state index is 12.8. The van der Waals surface area contributed by atoms with E-state index in [1.54, 1.807) is 6.92 Å². The molecule has 0 fully saturated rings. The van der Waals surface area contributed by atoms with Crippen molar-refractivity contribution in [2.45, 2.75) is 46.5 Å². The maximum absolute atomic E-state index is 12.8. The van der Waals surface area contributed by atoms with Crippen LogP contribution in [0.4, 0.5) is 22.0 Å². The fourth-order valence-corrected chi connectivity index (χ4v) is 2.50. The molecule has 0 bridgehead atoms. The lowest BCUT2D eigenvalue weighted by atomic mass is 9.97. The second-order valence-electron chi connectivity index (χ2n) is 5.78. The van der Waals surface area contributed by atoms with Crippen LogP contribution < -0.4 is 10.5 Å². The van der Waals surface area contributed by atoms with E-state index in [1.165, 1.54) is 19.1 Å². The van der Waals surface area contributed by atoms with Crippen LogP contribution in [0, 0.1) is 0 Å². The summed E-state index contributed by atoms with van der Waals surface area (Å²) in [6.45, 7) is 2.10. The topological polar surface area (TPSA) is 60.0 Å². The van der Waals surface area contributed by atoms with Gasteiger partial charge < -0.3 is 10.5 Å². The molecule has 4 nitrogen and oxygen atoms in total. The SMILES string of the molecule is C/C=C(/CC)C/C(C(N)=NC(F)F)=C(/N=C(C)Cl)c1ccc(OC(F)(F)F)cc1. The minimum atomic E-state index is -4.84. The summed E-state index contributed by atoms with van der Waals surface area (Å²) < 4.78 is 66.5. The van der Waals surface area contributed by atoms with Gasteiger partial charge in [0.25, 0.3) is 0 Å². The van der Waals surface area contributed by atoms with Gasteiger partial charge in [0.05, 0.1) is 5.70 Å². The van der Waals surface area contributed by atoms with Crippen LogP contribution >= 0.6 is 11.6 Å². The zero-order valence-corrected chi connectivity index (χ0v) is 16.8. The van der Waals surface area contributed by atoms with Crippen LogP contribution in [0.2, 0.25) is 0 Å². The molecule has 0 atom stereocenters. The Kier molecular flexibility index (Phi) is 9.29. The zero-order valence-electron chi connectivity index (χ0n) is 16.0. The van der Waals surface area contributed by atoms with Crippen LogP contribution in [0.15, 0.2) is 51.5 Å². The van der Waals surface area contributed by atoms with E-state index in [9.17, 15) is 22.0 Å². The van der Waals surface area contributed by atoms with Gasteiger partial charge in [-0.05, 0) is 51.0 Å². The van der Waals surface area contributed by atoms with Gasteiger partial charge in [-0.2, -0.15) is 8.78 Å². The fourth-order valence-electron chi connectivity index (χ4n) is 2.41. The average molecular weight is 438 g/mol. The van der Waals surface area contributed by atoms with Gasteiger partial charge in [-0.25, -0.2) is 9.98 Å². The number of hydrogen-bond donors (Lipinski definition) is 1. The van der Waals surface area contributed by atoms with Gasteiger partial charge in [0.15, 0.2) is 0 Å². The number of allylic oxidation sites excluding steroid dienone is 2. The molecule has 1 aromatic carbocycles. The van der Waals surface area contributed by atoms with Gasteiger partial charge in [0.2, 0.25) is 0 Å². The molecule has 0 spiro atoms. The quantitative estimate of drug-likeness (QED) is 0.171. The highest BCUT2D eigenvalue weighted by molar-refractivity contribution is 6.65. The highest BCUT2D eigenvalue weighted by Crippen LogP contribution is 2.30. The van der Waals surface area contributed by atoms with Crippen LogP contribution in [0.3, 0.4) is 0 Å². The lowest BCUT2D eigenvalue weighted by Crippen LogP contribution is -2.19. The molecular weight excluding hydrogens is 417 g/mol. The van der Waals surface area contributed by atoms with E-state index < -0.39 is 24.5 Å². The van der Waals surface area contributed by atoms with Crippen molar-refractivity contribution in [3.63, 3.8) is 0 Å². The van der Waals surface area contributed by atoms with E-state index in [1.807, 2.05) is 13.0 Å². The van der Waals surface area contributed by atoms with Crippen molar-refractivity contribution < 1.29 is 26.7 Å². The van der Waals surface area contributed by atoms with E-state index in [4.69, 9.17) is 17.3 Å². The van der Waals surface area contributed by atoms with E-state index in [-0.39, 0.29) is 22.9 Å². The molecule has 1 aromatic rings. The molecule has 0 saturated heterocycles. The van der Waals surface area contributed by atoms with Gasteiger partial charge >= 0.3 is 12.9 Å². The van der Waals surface area contributed by atoms with Crippen molar-refractivity contribution in [2.75, 3.05) is 0 Å². The van der Waals surface area contributed by atoms with E-state index in [0.29, 0.717) is 12.0 Å². The predicted octanol–water partition coefficient (Wildman–Crippen LogP) is 6.28. The molecule has 0 aromatic heterocycles. The van der Waals surface area contributed by atoms with Gasteiger partial charge in [-0.3, -0.25) is 0 Å². The van der Waals surface area contributed by atoms with E-state index >= 15 is 0 Å². The normalized spacial score (nSPS) is 14.9. The van der Waals surface area contributed by atoms with Crippen LogP contribution in [0.5, 0.6) is 5.75 Å². The lowest BCUT2D eigenvalue weighted by Gasteiger charge is -2.15. The first-order valence-corrected chi connectivity index (χ1v) is 8.90. The van der Waals surface area contributed by atoms with Gasteiger partial charge in [-0.15, -0.1) is 13.2 Å². The summed E-state index contributed by atoms with van der Waals surface area (Å²) in [5, 5.41) is 0.0801. The number of hydrogen-bond acceptors (Lipinski definition) is 3. The molecule has 29 heavy (non-hydrogen) atoms. The number of benzene rings is 1. The Labute approximate surface area is 170 Å². The van der Waals surface area contributed by atoms with Crippen LogP contribution in [0.1, 0.15) is 39.2 Å². The Balaban J connectivity index is 3.61. The number of halogens is 6. The fraction of sp³-hybridized carbons (Fsp3) is 0.368. The van der Waals surface area contributed by atoms with Gasteiger partial charge in [-0.1, -0.05) is 30.2 Å². The molecule has 0 saturated carbocycles. The molecule has 0 aliphatic rings. The molecule has 0 radical (unpaired) electrons. The van der Waals surface area contributed by atoms with Crippen molar-refractivity contribution in [2.24, 2.45) is 15.7 Å². The standard InChI is InChI=1S/C19H21ClF5N3O/c1-4-12(5-2)10-15(17(26)28-18(21)22)16(27-11(3)20)13-6-8-14(9-7-13)29-19(23,24)25/h4,6-9,18H,5,10H2,1-3H3,(H2,26,28)/b12-4-,16-15-,27-11?. The third kappa shape index (κ3) is 8.64. The third-order valence-corrected chi connectivity index (χ3v) is 3.81. The largest absolute Gasteiger partial charge is 0.573 e. The molecule has 0 aliphatic heterocycles. The molecule has 0 amide bonds. The molecular formula is C19H21ClF5N3O.